The van der Waals surface area contributed by atoms with E-state index in [-0.39, 0.29) is 28.4 Å². The number of nitrogens with zero attached hydrogens (tertiary/aromatic N) is 1. The van der Waals surface area contributed by atoms with Gasteiger partial charge in [0.15, 0.2) is 0 Å². The summed E-state index contributed by atoms with van der Waals surface area (Å²) in [5, 5.41) is 3.00. The molecule has 0 bridgehead atoms. The van der Waals surface area contributed by atoms with Gasteiger partial charge in [0.25, 0.3) is 10.0 Å². The minimum absolute atomic E-state index is 0.0482. The largest absolute Gasteiger partial charge is 0.492 e. The van der Waals surface area contributed by atoms with Crippen LogP contribution in [0.15, 0.2) is 77.7 Å². The Morgan fingerprint density at radius 3 is 2.26 bits per heavy atom. The maximum atomic E-state index is 13.6. The van der Waals surface area contributed by atoms with Crippen LogP contribution in [0.25, 0.3) is 0 Å². The van der Waals surface area contributed by atoms with E-state index >= 15 is 0 Å². The van der Waals surface area contributed by atoms with Crippen molar-refractivity contribution in [2.24, 2.45) is 0 Å². The lowest BCUT2D eigenvalue weighted by atomic mass is 10.2. The van der Waals surface area contributed by atoms with Gasteiger partial charge in [-0.3, -0.25) is 9.10 Å². The van der Waals surface area contributed by atoms with Gasteiger partial charge in [-0.2, -0.15) is 0 Å². The number of benzene rings is 3. The van der Waals surface area contributed by atoms with Gasteiger partial charge < -0.3 is 14.8 Å². The molecule has 0 heterocycles. The maximum Gasteiger partial charge on any atom is 0.340 e. The zero-order valence-electron chi connectivity index (χ0n) is 19.2. The van der Waals surface area contributed by atoms with E-state index in [1.807, 2.05) is 0 Å². The normalized spacial score (nSPS) is 10.9. The third kappa shape index (κ3) is 6.32. The first-order chi connectivity index (χ1) is 16.8. The molecule has 3 aromatic carbocycles. The van der Waals surface area contributed by atoms with Gasteiger partial charge in [-0.25, -0.2) is 13.2 Å². The molecule has 0 atom stereocenters. The van der Waals surface area contributed by atoms with Crippen LogP contribution >= 0.6 is 11.6 Å². The molecule has 0 aliphatic carbocycles. The topological polar surface area (TPSA) is 102 Å². The van der Waals surface area contributed by atoms with Crippen LogP contribution in [-0.4, -0.2) is 40.1 Å². The average Bonchev–Trinajstić information content (AvgIpc) is 2.84. The fraction of sp³-hybridized carbons (Fsp3) is 0.200. The summed E-state index contributed by atoms with van der Waals surface area (Å²) in [6, 6.07) is 18.5. The Labute approximate surface area is 209 Å². The highest BCUT2D eigenvalue weighted by Crippen LogP contribution is 2.33. The Bertz CT molecular complexity index is 1300. The van der Waals surface area contributed by atoms with Gasteiger partial charge in [0.2, 0.25) is 5.91 Å². The number of ether oxygens (including phenoxy) is 2. The summed E-state index contributed by atoms with van der Waals surface area (Å²) in [6.07, 6.45) is 0. The molecule has 1 amide bonds. The molecule has 0 aliphatic rings. The number of esters is 1. The average molecular weight is 517 g/mol. The Morgan fingerprint density at radius 2 is 1.57 bits per heavy atom. The van der Waals surface area contributed by atoms with Crippen molar-refractivity contribution < 1.29 is 27.5 Å². The van der Waals surface area contributed by atoms with E-state index in [4.69, 9.17) is 21.1 Å². The van der Waals surface area contributed by atoms with E-state index in [0.717, 1.165) is 4.31 Å². The fourth-order valence-corrected chi connectivity index (χ4v) is 4.83. The van der Waals surface area contributed by atoms with Crippen LogP contribution in [0.1, 0.15) is 24.2 Å². The third-order valence-electron chi connectivity index (χ3n) is 4.82. The second-order valence-electron chi connectivity index (χ2n) is 7.18. The van der Waals surface area contributed by atoms with Crippen LogP contribution < -0.4 is 14.4 Å². The van der Waals surface area contributed by atoms with Crippen molar-refractivity contribution in [2.75, 3.05) is 29.4 Å². The number of sulfonamides is 1. The van der Waals surface area contributed by atoms with Gasteiger partial charge >= 0.3 is 5.97 Å². The molecule has 0 aromatic heterocycles. The van der Waals surface area contributed by atoms with E-state index < -0.39 is 28.4 Å². The van der Waals surface area contributed by atoms with Crippen molar-refractivity contribution in [3.8, 4) is 5.75 Å². The molecule has 3 aromatic rings. The van der Waals surface area contributed by atoms with Crippen molar-refractivity contribution in [3.63, 3.8) is 0 Å². The summed E-state index contributed by atoms with van der Waals surface area (Å²) in [7, 11) is -4.19. The van der Waals surface area contributed by atoms with Crippen LogP contribution in [0, 0.1) is 0 Å². The van der Waals surface area contributed by atoms with Crippen molar-refractivity contribution in [3.05, 3.63) is 83.4 Å². The predicted octanol–water partition coefficient (Wildman–Crippen LogP) is 4.75. The highest BCUT2D eigenvalue weighted by molar-refractivity contribution is 7.92. The first-order valence-corrected chi connectivity index (χ1v) is 12.7. The maximum absolute atomic E-state index is 13.6. The highest BCUT2D eigenvalue weighted by Gasteiger charge is 2.30. The third-order valence-corrected chi connectivity index (χ3v) is 6.85. The van der Waals surface area contributed by atoms with E-state index in [0.29, 0.717) is 17.4 Å². The van der Waals surface area contributed by atoms with Crippen LogP contribution in [-0.2, 0) is 19.6 Å². The molecular formula is C25H25ClN2O6S. The SMILES string of the molecule is CCOC(=O)c1ccccc1NC(=O)CN(c1ccccc1OCC)S(=O)(=O)c1ccc(Cl)cc1. The van der Waals surface area contributed by atoms with Crippen LogP contribution in [0.5, 0.6) is 5.75 Å². The smallest absolute Gasteiger partial charge is 0.340 e. The van der Waals surface area contributed by atoms with E-state index in [9.17, 15) is 18.0 Å². The van der Waals surface area contributed by atoms with Crippen molar-refractivity contribution in [1.82, 2.24) is 0 Å². The van der Waals surface area contributed by atoms with E-state index in [2.05, 4.69) is 5.32 Å². The molecule has 1 N–H and O–H groups in total. The van der Waals surface area contributed by atoms with Crippen molar-refractivity contribution in [2.45, 2.75) is 18.7 Å². The summed E-state index contributed by atoms with van der Waals surface area (Å²) >= 11 is 5.93. The zero-order valence-corrected chi connectivity index (χ0v) is 20.8. The molecule has 0 unspecified atom stereocenters. The number of amides is 1. The molecular weight excluding hydrogens is 492 g/mol. The Kier molecular flexibility index (Phi) is 8.73. The van der Waals surface area contributed by atoms with Crippen molar-refractivity contribution >= 4 is 44.9 Å². The summed E-state index contributed by atoms with van der Waals surface area (Å²) in [4.78, 5) is 25.3. The first kappa shape index (κ1) is 26.1. The zero-order chi connectivity index (χ0) is 25.4. The quantitative estimate of drug-likeness (QED) is 0.390. The number of hydrogen-bond acceptors (Lipinski definition) is 6. The molecule has 0 saturated carbocycles. The van der Waals surface area contributed by atoms with Crippen LogP contribution in [0.4, 0.5) is 11.4 Å². The first-order valence-electron chi connectivity index (χ1n) is 10.8. The molecule has 8 nitrogen and oxygen atoms in total. The predicted molar refractivity (Wildman–Crippen MR) is 135 cm³/mol. The summed E-state index contributed by atoms with van der Waals surface area (Å²) < 4.78 is 38.9. The lowest BCUT2D eigenvalue weighted by molar-refractivity contribution is -0.114. The Balaban J connectivity index is 1.99. The summed E-state index contributed by atoms with van der Waals surface area (Å²) in [6.45, 7) is 3.34. The number of para-hydroxylation sites is 3. The van der Waals surface area contributed by atoms with Crippen LogP contribution in [0.3, 0.4) is 0 Å². The second-order valence-corrected chi connectivity index (χ2v) is 9.48. The number of hydrogen-bond donors (Lipinski definition) is 1. The highest BCUT2D eigenvalue weighted by atomic mass is 35.5. The minimum atomic E-state index is -4.19. The molecule has 0 spiro atoms. The summed E-state index contributed by atoms with van der Waals surface area (Å²) in [5.41, 5.74) is 0.556. The number of nitrogens with one attached hydrogen (secondary N) is 1. The fourth-order valence-electron chi connectivity index (χ4n) is 3.27. The molecule has 0 fully saturated rings. The van der Waals surface area contributed by atoms with E-state index in [1.165, 1.54) is 36.4 Å². The monoisotopic (exact) mass is 516 g/mol. The minimum Gasteiger partial charge on any atom is -0.492 e. The van der Waals surface area contributed by atoms with Crippen LogP contribution in [0.2, 0.25) is 5.02 Å². The molecule has 10 heteroatoms. The Morgan fingerprint density at radius 1 is 0.914 bits per heavy atom. The summed E-state index contributed by atoms with van der Waals surface area (Å²) in [5.74, 6) is -0.964. The van der Waals surface area contributed by atoms with Crippen molar-refractivity contribution in [1.29, 1.82) is 0 Å². The number of carbonyl (C=O) groups excluding carboxylic acids is 2. The van der Waals surface area contributed by atoms with Gasteiger partial charge in [0.1, 0.15) is 12.3 Å². The lowest BCUT2D eigenvalue weighted by Gasteiger charge is -2.26. The number of rotatable bonds is 10. The molecule has 0 radical (unpaired) electrons. The molecule has 0 saturated heterocycles. The standard InChI is InChI=1S/C25H25ClN2O6S/c1-3-33-23-12-8-7-11-22(23)28(35(31,32)19-15-13-18(26)14-16-19)17-24(29)27-21-10-6-5-9-20(21)25(30)34-4-2/h5-16H,3-4,17H2,1-2H3,(H,27,29). The van der Waals surface area contributed by atoms with Gasteiger partial charge in [-0.15, -0.1) is 0 Å². The Hall–Kier alpha value is -3.56. The second kappa shape index (κ2) is 11.7. The number of carbonyl (C=O) groups is 2. The van der Waals surface area contributed by atoms with Gasteiger partial charge in [0.05, 0.1) is 35.0 Å². The number of halogens is 1. The number of anilines is 2. The molecule has 0 aliphatic heterocycles. The lowest BCUT2D eigenvalue weighted by Crippen LogP contribution is -2.38. The van der Waals surface area contributed by atoms with Gasteiger partial charge in [-0.1, -0.05) is 35.9 Å². The van der Waals surface area contributed by atoms with Gasteiger partial charge in [-0.05, 0) is 62.4 Å². The van der Waals surface area contributed by atoms with Gasteiger partial charge in [0, 0.05) is 5.02 Å². The molecule has 35 heavy (non-hydrogen) atoms. The molecule has 184 valence electrons. The molecule has 3 rings (SSSR count). The van der Waals surface area contributed by atoms with E-state index in [1.54, 1.807) is 50.2 Å².